The number of amides is 1. The van der Waals surface area contributed by atoms with E-state index in [1.165, 1.54) is 30.6 Å². The van der Waals surface area contributed by atoms with Gasteiger partial charge < -0.3 is 10.6 Å². The van der Waals surface area contributed by atoms with E-state index in [1.807, 2.05) is 0 Å². The maximum atomic E-state index is 13.6. The standard InChI is InChI=1S/C20H18F2N4O/c21-17-7-5-14(6-8-17)11-24-19(27)16-12-25-20(26-13-16)23-10-9-15-3-1-2-4-18(15)22/h1-8,12-13H,9-11H2,(H,24,27)(H,23,25,26). The van der Waals surface area contributed by atoms with Crippen LogP contribution in [0.4, 0.5) is 14.7 Å². The van der Waals surface area contributed by atoms with Crippen LogP contribution in [-0.4, -0.2) is 22.4 Å². The minimum absolute atomic E-state index is 0.242. The van der Waals surface area contributed by atoms with Crippen molar-refractivity contribution in [2.75, 3.05) is 11.9 Å². The third-order valence-corrected chi connectivity index (χ3v) is 3.92. The van der Waals surface area contributed by atoms with Gasteiger partial charge in [-0.05, 0) is 35.7 Å². The summed E-state index contributed by atoms with van der Waals surface area (Å²) in [6.07, 6.45) is 3.33. The molecular formula is C20H18F2N4O. The molecule has 2 N–H and O–H groups in total. The molecule has 1 heterocycles. The van der Waals surface area contributed by atoms with E-state index in [0.717, 1.165) is 5.56 Å². The van der Waals surface area contributed by atoms with Crippen LogP contribution < -0.4 is 10.6 Å². The van der Waals surface area contributed by atoms with Crippen LogP contribution in [0.3, 0.4) is 0 Å². The summed E-state index contributed by atoms with van der Waals surface area (Å²) in [5.74, 6) is -0.524. The van der Waals surface area contributed by atoms with Gasteiger partial charge in [0.15, 0.2) is 0 Å². The molecule has 138 valence electrons. The average Bonchev–Trinajstić information content (AvgIpc) is 2.69. The molecule has 0 aliphatic carbocycles. The second-order valence-electron chi connectivity index (χ2n) is 5.87. The topological polar surface area (TPSA) is 66.9 Å². The van der Waals surface area contributed by atoms with Crippen molar-refractivity contribution in [2.24, 2.45) is 0 Å². The number of nitrogens with zero attached hydrogens (tertiary/aromatic N) is 2. The number of halogens is 2. The van der Waals surface area contributed by atoms with Crippen molar-refractivity contribution in [3.05, 3.63) is 89.2 Å². The molecule has 3 aromatic rings. The minimum atomic E-state index is -0.323. The van der Waals surface area contributed by atoms with E-state index in [9.17, 15) is 13.6 Å². The molecule has 0 atom stereocenters. The monoisotopic (exact) mass is 368 g/mol. The first-order chi connectivity index (χ1) is 13.1. The van der Waals surface area contributed by atoms with E-state index in [1.54, 1.807) is 30.3 Å². The SMILES string of the molecule is O=C(NCc1ccc(F)cc1)c1cnc(NCCc2ccccc2F)nc1. The number of aromatic nitrogens is 2. The van der Waals surface area contributed by atoms with E-state index >= 15 is 0 Å². The number of hydrogen-bond acceptors (Lipinski definition) is 4. The van der Waals surface area contributed by atoms with Gasteiger partial charge in [0.25, 0.3) is 5.91 Å². The van der Waals surface area contributed by atoms with Gasteiger partial charge in [-0.1, -0.05) is 30.3 Å². The fourth-order valence-electron chi connectivity index (χ4n) is 2.43. The predicted octanol–water partition coefficient (Wildman–Crippen LogP) is 3.34. The highest BCUT2D eigenvalue weighted by Crippen LogP contribution is 2.08. The number of carbonyl (C=O) groups is 1. The summed E-state index contributed by atoms with van der Waals surface area (Å²) < 4.78 is 26.4. The van der Waals surface area contributed by atoms with Crippen LogP contribution in [0.1, 0.15) is 21.5 Å². The molecule has 5 nitrogen and oxygen atoms in total. The first-order valence-electron chi connectivity index (χ1n) is 8.44. The summed E-state index contributed by atoms with van der Waals surface area (Å²) in [6, 6.07) is 12.5. The Hall–Kier alpha value is -3.35. The highest BCUT2D eigenvalue weighted by Gasteiger charge is 2.07. The van der Waals surface area contributed by atoms with E-state index in [4.69, 9.17) is 0 Å². The van der Waals surface area contributed by atoms with Gasteiger partial charge in [-0.2, -0.15) is 0 Å². The van der Waals surface area contributed by atoms with E-state index in [2.05, 4.69) is 20.6 Å². The molecule has 0 aliphatic rings. The lowest BCUT2D eigenvalue weighted by molar-refractivity contribution is 0.0950. The Morgan fingerprint density at radius 2 is 1.67 bits per heavy atom. The van der Waals surface area contributed by atoms with E-state index < -0.39 is 0 Å². The lowest BCUT2D eigenvalue weighted by atomic mass is 10.1. The number of nitrogens with one attached hydrogen (secondary N) is 2. The van der Waals surface area contributed by atoms with Gasteiger partial charge in [0.2, 0.25) is 5.95 Å². The lowest BCUT2D eigenvalue weighted by Crippen LogP contribution is -2.23. The van der Waals surface area contributed by atoms with Gasteiger partial charge in [0.1, 0.15) is 11.6 Å². The molecule has 27 heavy (non-hydrogen) atoms. The molecule has 0 saturated heterocycles. The van der Waals surface area contributed by atoms with E-state index in [-0.39, 0.29) is 24.1 Å². The molecule has 1 aromatic heterocycles. The fraction of sp³-hybridized carbons (Fsp3) is 0.150. The van der Waals surface area contributed by atoms with E-state index in [0.29, 0.717) is 30.0 Å². The van der Waals surface area contributed by atoms with Crippen LogP contribution in [0.25, 0.3) is 0 Å². The summed E-state index contributed by atoms with van der Waals surface area (Å²) in [4.78, 5) is 20.3. The summed E-state index contributed by atoms with van der Waals surface area (Å²) in [6.45, 7) is 0.749. The van der Waals surface area contributed by atoms with Crippen LogP contribution in [0, 0.1) is 11.6 Å². The second-order valence-corrected chi connectivity index (χ2v) is 5.87. The Morgan fingerprint density at radius 1 is 0.963 bits per heavy atom. The first kappa shape index (κ1) is 18.4. The molecule has 0 radical (unpaired) electrons. The summed E-state index contributed by atoms with van der Waals surface area (Å²) in [7, 11) is 0. The van der Waals surface area contributed by atoms with Crippen molar-refractivity contribution in [3.63, 3.8) is 0 Å². The highest BCUT2D eigenvalue weighted by atomic mass is 19.1. The Kier molecular flexibility index (Phi) is 6.04. The Balaban J connectivity index is 1.48. The maximum absolute atomic E-state index is 13.6. The molecule has 2 aromatic carbocycles. The zero-order valence-electron chi connectivity index (χ0n) is 14.5. The number of carbonyl (C=O) groups excluding carboxylic acids is 1. The van der Waals surface area contributed by atoms with Crippen molar-refractivity contribution in [1.82, 2.24) is 15.3 Å². The molecule has 0 bridgehead atoms. The van der Waals surface area contributed by atoms with Gasteiger partial charge in [0, 0.05) is 25.5 Å². The van der Waals surface area contributed by atoms with Crippen molar-refractivity contribution >= 4 is 11.9 Å². The predicted molar refractivity (Wildman–Crippen MR) is 98.2 cm³/mol. The van der Waals surface area contributed by atoms with Crippen molar-refractivity contribution in [3.8, 4) is 0 Å². The summed E-state index contributed by atoms with van der Waals surface area (Å²) in [5, 5.41) is 5.72. The molecule has 0 aliphatic heterocycles. The third kappa shape index (κ3) is 5.31. The minimum Gasteiger partial charge on any atom is -0.354 e. The van der Waals surface area contributed by atoms with Gasteiger partial charge in [-0.15, -0.1) is 0 Å². The third-order valence-electron chi connectivity index (χ3n) is 3.92. The molecule has 0 saturated carbocycles. The maximum Gasteiger partial charge on any atom is 0.254 e. The normalized spacial score (nSPS) is 10.4. The molecule has 0 unspecified atom stereocenters. The van der Waals surface area contributed by atoms with Crippen LogP contribution in [0.15, 0.2) is 60.9 Å². The molecule has 0 fully saturated rings. The van der Waals surface area contributed by atoms with Gasteiger partial charge >= 0.3 is 0 Å². The molecular weight excluding hydrogens is 350 g/mol. The smallest absolute Gasteiger partial charge is 0.254 e. The summed E-state index contributed by atoms with van der Waals surface area (Å²) >= 11 is 0. The molecule has 1 amide bonds. The number of benzene rings is 2. The van der Waals surface area contributed by atoms with Crippen LogP contribution in [-0.2, 0) is 13.0 Å². The van der Waals surface area contributed by atoms with Gasteiger partial charge in [-0.25, -0.2) is 18.7 Å². The van der Waals surface area contributed by atoms with Crippen LogP contribution >= 0.6 is 0 Å². The van der Waals surface area contributed by atoms with Crippen molar-refractivity contribution < 1.29 is 13.6 Å². The van der Waals surface area contributed by atoms with Gasteiger partial charge in [-0.3, -0.25) is 4.79 Å². The first-order valence-corrected chi connectivity index (χ1v) is 8.44. The number of hydrogen-bond donors (Lipinski definition) is 2. The van der Waals surface area contributed by atoms with Crippen LogP contribution in [0.2, 0.25) is 0 Å². The second kappa shape index (κ2) is 8.84. The van der Waals surface area contributed by atoms with Gasteiger partial charge in [0.05, 0.1) is 5.56 Å². The quantitative estimate of drug-likeness (QED) is 0.671. The largest absolute Gasteiger partial charge is 0.354 e. The Bertz CT molecular complexity index is 899. The average molecular weight is 368 g/mol. The lowest BCUT2D eigenvalue weighted by Gasteiger charge is -2.07. The van der Waals surface area contributed by atoms with Crippen LogP contribution in [0.5, 0.6) is 0 Å². The molecule has 3 rings (SSSR count). The Morgan fingerprint density at radius 3 is 2.37 bits per heavy atom. The van der Waals surface area contributed by atoms with Crippen molar-refractivity contribution in [1.29, 1.82) is 0 Å². The number of rotatable bonds is 7. The zero-order valence-corrected chi connectivity index (χ0v) is 14.5. The Labute approximate surface area is 155 Å². The zero-order chi connectivity index (χ0) is 19.1. The van der Waals surface area contributed by atoms with Crippen molar-refractivity contribution in [2.45, 2.75) is 13.0 Å². The highest BCUT2D eigenvalue weighted by molar-refractivity contribution is 5.93. The fourth-order valence-corrected chi connectivity index (χ4v) is 2.43. The molecule has 7 heteroatoms. The summed E-state index contributed by atoms with van der Waals surface area (Å²) in [5.41, 5.74) is 1.72. The number of anilines is 1. The molecule has 0 spiro atoms.